The fourth-order valence-electron chi connectivity index (χ4n) is 1.21. The molecule has 0 aliphatic heterocycles. The van der Waals surface area contributed by atoms with E-state index < -0.39 is 5.82 Å². The van der Waals surface area contributed by atoms with E-state index in [4.69, 9.17) is 16.7 Å². The molecule has 0 aliphatic rings. The van der Waals surface area contributed by atoms with Crippen LogP contribution >= 0.6 is 11.6 Å². The summed E-state index contributed by atoms with van der Waals surface area (Å²) >= 11 is 5.68. The van der Waals surface area contributed by atoms with Crippen LogP contribution in [0.1, 0.15) is 18.1 Å². The number of aliphatic hydroxyl groups excluding tert-OH is 1. The summed E-state index contributed by atoms with van der Waals surface area (Å²) in [5.74, 6) is -0.409. The fourth-order valence-corrected chi connectivity index (χ4v) is 1.48. The number of rotatable bonds is 3. The lowest BCUT2D eigenvalue weighted by atomic mass is 10.1. The highest BCUT2D eigenvalue weighted by Gasteiger charge is 2.07. The maximum Gasteiger partial charge on any atom is 0.145 e. The van der Waals surface area contributed by atoms with Crippen LogP contribution in [0.15, 0.2) is 12.1 Å². The van der Waals surface area contributed by atoms with Crippen molar-refractivity contribution in [3.05, 3.63) is 34.1 Å². The number of aliphatic hydroxyl groups is 1. The third-order valence-corrected chi connectivity index (χ3v) is 2.23. The van der Waals surface area contributed by atoms with E-state index in [1.807, 2.05) is 6.92 Å². The van der Waals surface area contributed by atoms with Crippen molar-refractivity contribution in [2.45, 2.75) is 19.8 Å². The Kier molecular flexibility index (Phi) is 3.70. The van der Waals surface area contributed by atoms with Crippen molar-refractivity contribution in [3.63, 3.8) is 0 Å². The molecule has 13 heavy (non-hydrogen) atoms. The zero-order valence-electron chi connectivity index (χ0n) is 7.48. The van der Waals surface area contributed by atoms with E-state index in [-0.39, 0.29) is 11.6 Å². The van der Waals surface area contributed by atoms with E-state index in [0.717, 1.165) is 12.0 Å². The predicted molar refractivity (Wildman–Crippen MR) is 51.6 cm³/mol. The first-order valence-corrected chi connectivity index (χ1v) is 4.64. The molecule has 1 rings (SSSR count). The Hall–Kier alpha value is -0.600. The van der Waals surface area contributed by atoms with Crippen LogP contribution in [-0.4, -0.2) is 11.7 Å². The van der Waals surface area contributed by atoms with E-state index in [9.17, 15) is 4.39 Å². The van der Waals surface area contributed by atoms with E-state index in [2.05, 4.69) is 0 Å². The highest BCUT2D eigenvalue weighted by Crippen LogP contribution is 2.21. The van der Waals surface area contributed by atoms with Gasteiger partial charge in [0.1, 0.15) is 5.82 Å². The fraction of sp³-hybridized carbons (Fsp3) is 0.400. The lowest BCUT2D eigenvalue weighted by Crippen LogP contribution is -1.97. The van der Waals surface area contributed by atoms with Gasteiger partial charge in [-0.15, -0.1) is 0 Å². The Bertz CT molecular complexity index is 299. The minimum atomic E-state index is -0.409. The summed E-state index contributed by atoms with van der Waals surface area (Å²) in [7, 11) is 0. The van der Waals surface area contributed by atoms with Gasteiger partial charge in [-0.3, -0.25) is 0 Å². The lowest BCUT2D eigenvalue weighted by molar-refractivity contribution is 0.297. The molecule has 1 nitrogen and oxygen atoms in total. The number of aryl methyl sites for hydroxylation is 1. The van der Waals surface area contributed by atoms with Gasteiger partial charge in [0.05, 0.1) is 5.02 Å². The zero-order valence-corrected chi connectivity index (χ0v) is 8.24. The van der Waals surface area contributed by atoms with Crippen LogP contribution in [0.25, 0.3) is 0 Å². The lowest BCUT2D eigenvalue weighted by Gasteiger charge is -2.05. The summed E-state index contributed by atoms with van der Waals surface area (Å²) in [6.45, 7) is 1.92. The zero-order chi connectivity index (χ0) is 9.84. The van der Waals surface area contributed by atoms with Crippen molar-refractivity contribution in [2.24, 2.45) is 0 Å². The van der Waals surface area contributed by atoms with Crippen molar-refractivity contribution in [1.82, 2.24) is 0 Å². The van der Waals surface area contributed by atoms with Gasteiger partial charge in [0, 0.05) is 6.61 Å². The summed E-state index contributed by atoms with van der Waals surface area (Å²) in [5.41, 5.74) is 1.49. The van der Waals surface area contributed by atoms with Crippen LogP contribution in [0.2, 0.25) is 5.02 Å². The van der Waals surface area contributed by atoms with E-state index in [1.165, 1.54) is 0 Å². The molecule has 0 saturated carbocycles. The van der Waals surface area contributed by atoms with Crippen LogP contribution in [-0.2, 0) is 12.8 Å². The molecule has 0 radical (unpaired) electrons. The third-order valence-electron chi connectivity index (χ3n) is 1.95. The van der Waals surface area contributed by atoms with Crippen LogP contribution in [0.3, 0.4) is 0 Å². The molecule has 0 saturated heterocycles. The predicted octanol–water partition coefficient (Wildman–Crippen LogP) is 2.58. The Labute approximate surface area is 82.2 Å². The Morgan fingerprint density at radius 1 is 1.46 bits per heavy atom. The molecule has 0 unspecified atom stereocenters. The smallest absolute Gasteiger partial charge is 0.145 e. The molecule has 0 fully saturated rings. The molecule has 72 valence electrons. The molecule has 0 amide bonds. The average molecular weight is 203 g/mol. The van der Waals surface area contributed by atoms with Crippen LogP contribution < -0.4 is 0 Å². The van der Waals surface area contributed by atoms with Gasteiger partial charge in [-0.05, 0) is 30.0 Å². The SMILES string of the molecule is CCc1cc(Cl)c(F)c(CCO)c1. The number of halogens is 2. The van der Waals surface area contributed by atoms with Gasteiger partial charge >= 0.3 is 0 Å². The minimum Gasteiger partial charge on any atom is -0.396 e. The van der Waals surface area contributed by atoms with Crippen molar-refractivity contribution in [1.29, 1.82) is 0 Å². The number of hydrogen-bond donors (Lipinski definition) is 1. The first kappa shape index (κ1) is 10.5. The molecule has 0 atom stereocenters. The third kappa shape index (κ3) is 2.42. The monoisotopic (exact) mass is 202 g/mol. The van der Waals surface area contributed by atoms with Gasteiger partial charge in [-0.1, -0.05) is 24.6 Å². The van der Waals surface area contributed by atoms with E-state index >= 15 is 0 Å². The van der Waals surface area contributed by atoms with Gasteiger partial charge in [0.2, 0.25) is 0 Å². The summed E-state index contributed by atoms with van der Waals surface area (Å²) in [4.78, 5) is 0. The summed E-state index contributed by atoms with van der Waals surface area (Å²) in [5, 5.41) is 8.83. The number of benzene rings is 1. The van der Waals surface area contributed by atoms with Crippen LogP contribution in [0.5, 0.6) is 0 Å². The molecule has 1 aromatic carbocycles. The first-order valence-electron chi connectivity index (χ1n) is 4.26. The molecular formula is C10H12ClFO. The highest BCUT2D eigenvalue weighted by molar-refractivity contribution is 6.30. The van der Waals surface area contributed by atoms with Gasteiger partial charge in [-0.25, -0.2) is 4.39 Å². The minimum absolute atomic E-state index is 0.0551. The summed E-state index contributed by atoms with van der Waals surface area (Å²) < 4.78 is 13.3. The Morgan fingerprint density at radius 2 is 2.15 bits per heavy atom. The standard InChI is InChI=1S/C10H12ClFO/c1-2-7-5-8(3-4-13)10(12)9(11)6-7/h5-6,13H,2-4H2,1H3. The van der Waals surface area contributed by atoms with Crippen LogP contribution in [0, 0.1) is 5.82 Å². The van der Waals surface area contributed by atoms with Crippen molar-refractivity contribution in [2.75, 3.05) is 6.61 Å². The Morgan fingerprint density at radius 3 is 2.69 bits per heavy atom. The van der Waals surface area contributed by atoms with Crippen molar-refractivity contribution in [3.8, 4) is 0 Å². The largest absolute Gasteiger partial charge is 0.396 e. The summed E-state index contributed by atoms with van der Waals surface area (Å²) in [6.07, 6.45) is 1.14. The van der Waals surface area contributed by atoms with E-state index in [0.29, 0.717) is 12.0 Å². The van der Waals surface area contributed by atoms with Crippen molar-refractivity contribution < 1.29 is 9.50 Å². The quantitative estimate of drug-likeness (QED) is 0.799. The van der Waals surface area contributed by atoms with E-state index in [1.54, 1.807) is 12.1 Å². The van der Waals surface area contributed by atoms with Gasteiger partial charge in [0.25, 0.3) is 0 Å². The first-order chi connectivity index (χ1) is 6.19. The molecule has 0 aromatic heterocycles. The normalized spacial score (nSPS) is 10.5. The van der Waals surface area contributed by atoms with Gasteiger partial charge in [-0.2, -0.15) is 0 Å². The number of hydrogen-bond acceptors (Lipinski definition) is 1. The molecule has 0 aliphatic carbocycles. The van der Waals surface area contributed by atoms with Gasteiger partial charge in [0.15, 0.2) is 0 Å². The topological polar surface area (TPSA) is 20.2 Å². The summed E-state index contributed by atoms with van der Waals surface area (Å²) in [6, 6.07) is 3.37. The average Bonchev–Trinajstić information content (AvgIpc) is 2.13. The molecule has 1 N–H and O–H groups in total. The molecular weight excluding hydrogens is 191 g/mol. The van der Waals surface area contributed by atoms with Crippen LogP contribution in [0.4, 0.5) is 4.39 Å². The second-order valence-electron chi connectivity index (χ2n) is 2.88. The molecule has 0 heterocycles. The molecule has 0 bridgehead atoms. The van der Waals surface area contributed by atoms with Crippen molar-refractivity contribution >= 4 is 11.6 Å². The molecule has 0 spiro atoms. The molecule has 3 heteroatoms. The highest BCUT2D eigenvalue weighted by atomic mass is 35.5. The second kappa shape index (κ2) is 4.58. The Balaban J connectivity index is 3.09. The second-order valence-corrected chi connectivity index (χ2v) is 3.29. The van der Waals surface area contributed by atoms with Gasteiger partial charge < -0.3 is 5.11 Å². The maximum absolute atomic E-state index is 13.3. The maximum atomic E-state index is 13.3. The molecule has 1 aromatic rings.